The Balaban J connectivity index is 2.02. The number of hydrogen-bond acceptors (Lipinski definition) is 5. The van der Waals surface area contributed by atoms with Crippen LogP contribution in [0.25, 0.3) is 0 Å². The van der Waals surface area contributed by atoms with Crippen LogP contribution in [0.15, 0.2) is 0 Å². The molecule has 4 saturated heterocycles. The minimum atomic E-state index is -3.17. The minimum absolute atomic E-state index is 0.545. The zero-order chi connectivity index (χ0) is 10.0. The number of hydrogen-bond donors (Lipinski definition) is 0. The lowest BCUT2D eigenvalue weighted by molar-refractivity contribution is -0.312. The summed E-state index contributed by atoms with van der Waals surface area (Å²) < 4.78 is 27.8. The number of likely N-dealkylation sites (tertiary alicyclic amines) is 1. The number of likely N-dealkylation sites (N-methyl/N-ethyl adjacent to an activating group) is 1. The van der Waals surface area contributed by atoms with E-state index in [2.05, 4.69) is 4.90 Å². The Morgan fingerprint density at radius 3 is 2.79 bits per heavy atom. The number of nitrogens with zero attached hydrogens (tertiary/aromatic N) is 1. The molecule has 0 aromatic rings. The third-order valence-electron chi connectivity index (χ3n) is 3.33. The molecule has 0 N–H and O–H groups in total. The first-order chi connectivity index (χ1) is 6.54. The van der Waals surface area contributed by atoms with Crippen LogP contribution < -0.4 is 0 Å². The van der Waals surface area contributed by atoms with Gasteiger partial charge in [0, 0.05) is 13.1 Å². The van der Waals surface area contributed by atoms with Crippen molar-refractivity contribution in [1.82, 2.24) is 4.90 Å². The summed E-state index contributed by atoms with van der Waals surface area (Å²) in [7, 11) is -3.17. The summed E-state index contributed by atoms with van der Waals surface area (Å²) in [4.78, 5) is 2.06. The second kappa shape index (κ2) is 2.42. The fraction of sp³-hybridized carbons (Fsp3) is 1.00. The van der Waals surface area contributed by atoms with Gasteiger partial charge in [-0.3, -0.25) is 4.52 Å². The van der Waals surface area contributed by atoms with E-state index in [9.17, 15) is 4.57 Å². The van der Waals surface area contributed by atoms with Crippen molar-refractivity contribution in [2.45, 2.75) is 38.2 Å². The normalized spacial score (nSPS) is 56.7. The van der Waals surface area contributed by atoms with Crippen molar-refractivity contribution in [3.05, 3.63) is 0 Å². The molecular formula is C8H14NO4P. The average molecular weight is 219 g/mol. The van der Waals surface area contributed by atoms with E-state index in [1.54, 1.807) is 0 Å². The second-order valence-electron chi connectivity index (χ2n) is 4.22. The molecule has 14 heavy (non-hydrogen) atoms. The van der Waals surface area contributed by atoms with Gasteiger partial charge in [0.05, 0.1) is 0 Å². The van der Waals surface area contributed by atoms with Crippen LogP contribution in [0.3, 0.4) is 0 Å². The Bertz CT molecular complexity index is 323. The summed E-state index contributed by atoms with van der Waals surface area (Å²) in [6, 6.07) is 0. The molecule has 4 fully saturated rings. The van der Waals surface area contributed by atoms with Gasteiger partial charge in [-0.1, -0.05) is 6.92 Å². The zero-order valence-corrected chi connectivity index (χ0v) is 9.25. The van der Waals surface area contributed by atoms with Crippen LogP contribution in [0.1, 0.15) is 26.7 Å². The predicted octanol–water partition coefficient (Wildman–Crippen LogP) is 1.70. The molecular weight excluding hydrogens is 205 g/mol. The van der Waals surface area contributed by atoms with Gasteiger partial charge in [-0.05, 0) is 19.8 Å². The van der Waals surface area contributed by atoms with Crippen molar-refractivity contribution in [2.75, 3.05) is 13.1 Å². The molecule has 1 spiro atoms. The standard InChI is InChI=1S/C8H14NO4P/c1-3-9-6-4-5-7(2)8(9)12-14(10,11-7)13-8/h3-6H2,1-2H3. The lowest BCUT2D eigenvalue weighted by Gasteiger charge is -2.50. The van der Waals surface area contributed by atoms with Crippen LogP contribution in [-0.4, -0.2) is 29.5 Å². The quantitative estimate of drug-likeness (QED) is 0.628. The van der Waals surface area contributed by atoms with Gasteiger partial charge in [-0.2, -0.15) is 0 Å². The van der Waals surface area contributed by atoms with Gasteiger partial charge in [0.15, 0.2) is 0 Å². The maximum atomic E-state index is 11.6. The van der Waals surface area contributed by atoms with Gasteiger partial charge in [-0.15, -0.1) is 0 Å². The third kappa shape index (κ3) is 0.836. The molecule has 0 saturated carbocycles. The van der Waals surface area contributed by atoms with Crippen molar-refractivity contribution >= 4 is 7.82 Å². The summed E-state index contributed by atoms with van der Waals surface area (Å²) in [6.07, 6.45) is 1.87. The summed E-state index contributed by atoms with van der Waals surface area (Å²) in [5, 5.41) is 0. The summed E-state index contributed by atoms with van der Waals surface area (Å²) in [5.41, 5.74) is -0.545. The van der Waals surface area contributed by atoms with E-state index >= 15 is 0 Å². The molecule has 4 aliphatic rings. The summed E-state index contributed by atoms with van der Waals surface area (Å²) in [5.74, 6) is -0.852. The van der Waals surface area contributed by atoms with Crippen molar-refractivity contribution in [3.8, 4) is 0 Å². The molecule has 0 aromatic heterocycles. The maximum absolute atomic E-state index is 11.6. The molecule has 0 radical (unpaired) electrons. The smallest absolute Gasteiger partial charge is 0.273 e. The molecule has 2 bridgehead atoms. The first kappa shape index (κ1) is 9.31. The Morgan fingerprint density at radius 1 is 1.43 bits per heavy atom. The molecule has 4 aliphatic heterocycles. The molecule has 1 atom stereocenters. The van der Waals surface area contributed by atoms with E-state index in [4.69, 9.17) is 13.6 Å². The molecule has 5 nitrogen and oxygen atoms in total. The number of rotatable bonds is 1. The lowest BCUT2D eigenvalue weighted by atomic mass is 9.90. The van der Waals surface area contributed by atoms with Crippen LogP contribution in [0.5, 0.6) is 0 Å². The van der Waals surface area contributed by atoms with E-state index < -0.39 is 19.3 Å². The number of piperidine rings is 1. The highest BCUT2D eigenvalue weighted by Crippen LogP contribution is 2.79. The Morgan fingerprint density at radius 2 is 2.14 bits per heavy atom. The van der Waals surface area contributed by atoms with Crippen molar-refractivity contribution < 1.29 is 18.1 Å². The van der Waals surface area contributed by atoms with Gasteiger partial charge in [0.25, 0.3) is 5.91 Å². The highest BCUT2D eigenvalue weighted by molar-refractivity contribution is 7.50. The van der Waals surface area contributed by atoms with Crippen molar-refractivity contribution in [3.63, 3.8) is 0 Å². The zero-order valence-electron chi connectivity index (χ0n) is 8.36. The summed E-state index contributed by atoms with van der Waals surface area (Å²) >= 11 is 0. The third-order valence-corrected chi connectivity index (χ3v) is 4.90. The molecule has 4 heterocycles. The Kier molecular flexibility index (Phi) is 1.61. The first-order valence-corrected chi connectivity index (χ1v) is 6.47. The maximum Gasteiger partial charge on any atom is 0.483 e. The first-order valence-electron chi connectivity index (χ1n) is 5.01. The monoisotopic (exact) mass is 219 g/mol. The minimum Gasteiger partial charge on any atom is -0.273 e. The molecule has 0 aliphatic carbocycles. The van der Waals surface area contributed by atoms with Gasteiger partial charge >= 0.3 is 7.82 Å². The van der Waals surface area contributed by atoms with E-state index in [-0.39, 0.29) is 0 Å². The highest BCUT2D eigenvalue weighted by atomic mass is 31.2. The van der Waals surface area contributed by atoms with Gasteiger partial charge < -0.3 is 0 Å². The van der Waals surface area contributed by atoms with Gasteiger partial charge in [0.1, 0.15) is 5.60 Å². The van der Waals surface area contributed by atoms with Gasteiger partial charge in [0.2, 0.25) is 0 Å². The van der Waals surface area contributed by atoms with Crippen molar-refractivity contribution in [1.29, 1.82) is 0 Å². The van der Waals surface area contributed by atoms with E-state index in [1.807, 2.05) is 13.8 Å². The highest BCUT2D eigenvalue weighted by Gasteiger charge is 2.80. The molecule has 0 amide bonds. The fourth-order valence-corrected chi connectivity index (χ4v) is 4.63. The Hall–Kier alpha value is 0.0700. The topological polar surface area (TPSA) is 48.0 Å². The molecule has 6 heteroatoms. The molecule has 0 aromatic carbocycles. The SMILES string of the molecule is CCN1CCCC2(C)OP3(=O)OC12O3. The second-order valence-corrected chi connectivity index (χ2v) is 5.66. The number of phosphoric ester groups is 1. The van der Waals surface area contributed by atoms with Crippen molar-refractivity contribution in [2.24, 2.45) is 0 Å². The average Bonchev–Trinajstić information content (AvgIpc) is 2.43. The van der Waals surface area contributed by atoms with Crippen LogP contribution in [0.4, 0.5) is 0 Å². The van der Waals surface area contributed by atoms with Gasteiger partial charge in [-0.25, -0.2) is 18.5 Å². The predicted molar refractivity (Wildman–Crippen MR) is 48.5 cm³/mol. The largest absolute Gasteiger partial charge is 0.483 e. The number of phosphoric acid groups is 1. The lowest BCUT2D eigenvalue weighted by Crippen LogP contribution is -2.66. The van der Waals surface area contributed by atoms with E-state index in [0.717, 1.165) is 25.9 Å². The van der Waals surface area contributed by atoms with Crippen LogP contribution in [0.2, 0.25) is 0 Å². The fourth-order valence-electron chi connectivity index (χ4n) is 2.62. The molecule has 1 unspecified atom stereocenters. The van der Waals surface area contributed by atoms with Crippen LogP contribution in [-0.2, 0) is 18.1 Å². The molecule has 80 valence electrons. The Labute approximate surface area is 82.9 Å². The van der Waals surface area contributed by atoms with Crippen LogP contribution >= 0.6 is 7.82 Å². The van der Waals surface area contributed by atoms with Crippen LogP contribution in [0, 0.1) is 0 Å². The van der Waals surface area contributed by atoms with E-state index in [0.29, 0.717) is 0 Å². The van der Waals surface area contributed by atoms with E-state index in [1.165, 1.54) is 0 Å². The summed E-state index contributed by atoms with van der Waals surface area (Å²) in [6.45, 7) is 5.69. The molecule has 4 rings (SSSR count).